The van der Waals surface area contributed by atoms with Gasteiger partial charge in [0.25, 0.3) is 0 Å². The lowest BCUT2D eigenvalue weighted by Gasteiger charge is -2.11. The van der Waals surface area contributed by atoms with Gasteiger partial charge in [-0.1, -0.05) is 13.3 Å². The van der Waals surface area contributed by atoms with Crippen LogP contribution in [0.4, 0.5) is 0 Å². The Bertz CT molecular complexity index is 613. The van der Waals surface area contributed by atoms with Crippen LogP contribution >= 0.6 is 24.0 Å². The molecule has 0 bridgehead atoms. The van der Waals surface area contributed by atoms with Gasteiger partial charge in [0.05, 0.1) is 0 Å². The van der Waals surface area contributed by atoms with Crippen LogP contribution in [0.3, 0.4) is 0 Å². The lowest BCUT2D eigenvalue weighted by Crippen LogP contribution is -2.39. The zero-order valence-electron chi connectivity index (χ0n) is 16.7. The predicted octanol–water partition coefficient (Wildman–Crippen LogP) is 1.76. The van der Waals surface area contributed by atoms with Gasteiger partial charge in [-0.2, -0.15) is 5.10 Å². The maximum absolute atomic E-state index is 12.3. The molecule has 0 unspecified atom stereocenters. The summed E-state index contributed by atoms with van der Waals surface area (Å²) in [5.41, 5.74) is 0.0327. The summed E-state index contributed by atoms with van der Waals surface area (Å²) in [5, 5.41) is 11.0. The van der Waals surface area contributed by atoms with Crippen molar-refractivity contribution in [3.05, 3.63) is 16.3 Å². The number of hydrogen-bond acceptors (Lipinski definition) is 4. The molecule has 0 fully saturated rings. The number of rotatable bonds is 11. The van der Waals surface area contributed by atoms with Gasteiger partial charge in [0.15, 0.2) is 5.96 Å². The molecule has 27 heavy (non-hydrogen) atoms. The average molecular weight is 494 g/mol. The van der Waals surface area contributed by atoms with Gasteiger partial charge in [-0.25, -0.2) is 9.48 Å². The number of aliphatic imine (C=N–C) groups is 1. The fourth-order valence-electron chi connectivity index (χ4n) is 2.98. The van der Waals surface area contributed by atoms with E-state index in [1.165, 1.54) is 6.42 Å². The van der Waals surface area contributed by atoms with Crippen molar-refractivity contribution in [3.8, 4) is 0 Å². The van der Waals surface area contributed by atoms with Gasteiger partial charge in [0.1, 0.15) is 5.82 Å². The number of nitrogens with zero attached hydrogens (tertiary/aromatic N) is 4. The first-order chi connectivity index (χ1) is 12.8. The Morgan fingerprint density at radius 3 is 2.63 bits per heavy atom. The molecule has 8 nitrogen and oxygen atoms in total. The Hall–Kier alpha value is -1.10. The van der Waals surface area contributed by atoms with Crippen molar-refractivity contribution in [3.63, 3.8) is 0 Å². The zero-order chi connectivity index (χ0) is 18.6. The molecule has 2 rings (SSSR count). The molecule has 0 amide bonds. The molecule has 9 heteroatoms. The lowest BCUT2D eigenvalue weighted by molar-refractivity contribution is 0.129. The van der Waals surface area contributed by atoms with Crippen LogP contribution in [0.25, 0.3) is 0 Å². The summed E-state index contributed by atoms with van der Waals surface area (Å²) in [6, 6.07) is 0. The van der Waals surface area contributed by atoms with Crippen LogP contribution in [-0.2, 0) is 24.2 Å². The quantitative estimate of drug-likeness (QED) is 0.212. The first-order valence-electron chi connectivity index (χ1n) is 9.95. The summed E-state index contributed by atoms with van der Waals surface area (Å²) < 4.78 is 8.96. The highest BCUT2D eigenvalue weighted by Gasteiger charge is 2.16. The van der Waals surface area contributed by atoms with Crippen molar-refractivity contribution >= 4 is 29.9 Å². The second kappa shape index (κ2) is 14.0. The molecule has 0 radical (unpaired) electrons. The van der Waals surface area contributed by atoms with E-state index in [1.807, 2.05) is 4.57 Å². The number of hydrogen-bond donors (Lipinski definition) is 2. The zero-order valence-corrected chi connectivity index (χ0v) is 19.0. The van der Waals surface area contributed by atoms with Crippen LogP contribution in [0, 0.1) is 0 Å². The van der Waals surface area contributed by atoms with Crippen molar-refractivity contribution in [2.24, 2.45) is 4.99 Å². The maximum atomic E-state index is 12.3. The number of fused-ring (bicyclic) bond motifs is 1. The molecule has 1 aromatic rings. The van der Waals surface area contributed by atoms with Crippen molar-refractivity contribution in [1.29, 1.82) is 0 Å². The molecule has 0 aliphatic carbocycles. The minimum absolute atomic E-state index is 0. The number of unbranched alkanes of at least 4 members (excludes halogenated alkanes) is 1. The van der Waals surface area contributed by atoms with E-state index < -0.39 is 0 Å². The van der Waals surface area contributed by atoms with Gasteiger partial charge in [-0.15, -0.1) is 24.0 Å². The highest BCUT2D eigenvalue weighted by atomic mass is 127. The smallest absolute Gasteiger partial charge is 0.345 e. The van der Waals surface area contributed by atoms with Crippen LogP contribution < -0.4 is 16.3 Å². The third-order valence-corrected chi connectivity index (χ3v) is 4.49. The molecule has 1 aromatic heterocycles. The summed E-state index contributed by atoms with van der Waals surface area (Å²) >= 11 is 0. The highest BCUT2D eigenvalue weighted by molar-refractivity contribution is 14.0. The standard InChI is InChI=1S/C18H34N6O2.HI/c1-3-4-14-26-15-8-11-21-17(19-2)20-10-7-13-24-18(25)23-12-6-5-9-16(23)22-24;/h3-15H2,1-2H3,(H2,19,20,21);1H. The third kappa shape index (κ3) is 8.20. The molecule has 0 saturated heterocycles. The number of ether oxygens (including phenoxy) is 1. The molecule has 0 atom stereocenters. The summed E-state index contributed by atoms with van der Waals surface area (Å²) in [7, 11) is 1.76. The third-order valence-electron chi connectivity index (χ3n) is 4.49. The van der Waals surface area contributed by atoms with Crippen molar-refractivity contribution < 1.29 is 4.74 Å². The second-order valence-corrected chi connectivity index (χ2v) is 6.63. The van der Waals surface area contributed by atoms with Gasteiger partial charge in [-0.3, -0.25) is 9.56 Å². The number of aromatic nitrogens is 3. The van der Waals surface area contributed by atoms with Crippen molar-refractivity contribution in [2.45, 2.75) is 65.0 Å². The molecule has 2 N–H and O–H groups in total. The van der Waals surface area contributed by atoms with E-state index in [4.69, 9.17) is 4.74 Å². The number of aryl methyl sites for hydroxylation is 2. The highest BCUT2D eigenvalue weighted by Crippen LogP contribution is 2.09. The summed E-state index contributed by atoms with van der Waals surface area (Å²) in [4.78, 5) is 16.5. The Labute approximate surface area is 179 Å². The molecular weight excluding hydrogens is 459 g/mol. The van der Waals surface area contributed by atoms with Gasteiger partial charge >= 0.3 is 5.69 Å². The van der Waals surface area contributed by atoms with E-state index >= 15 is 0 Å². The number of nitrogens with one attached hydrogen (secondary N) is 2. The molecule has 0 spiro atoms. The molecule has 2 heterocycles. The van der Waals surface area contributed by atoms with Crippen LogP contribution in [-0.4, -0.2) is 53.7 Å². The minimum Gasteiger partial charge on any atom is -0.381 e. The van der Waals surface area contributed by atoms with Gasteiger partial charge in [-0.05, 0) is 32.1 Å². The SMILES string of the molecule is CCCCOCCCNC(=NC)NCCCn1nc2n(c1=O)CCCC2.I. The first-order valence-corrected chi connectivity index (χ1v) is 9.95. The van der Waals surface area contributed by atoms with Gasteiger partial charge < -0.3 is 15.4 Å². The second-order valence-electron chi connectivity index (χ2n) is 6.63. The van der Waals surface area contributed by atoms with E-state index in [0.29, 0.717) is 6.54 Å². The molecule has 156 valence electrons. The normalized spacial score (nSPS) is 13.8. The van der Waals surface area contributed by atoms with E-state index in [2.05, 4.69) is 27.6 Å². The maximum Gasteiger partial charge on any atom is 0.345 e. The van der Waals surface area contributed by atoms with E-state index in [0.717, 1.165) is 83.2 Å². The van der Waals surface area contributed by atoms with E-state index in [1.54, 1.807) is 11.7 Å². The van der Waals surface area contributed by atoms with Gasteiger partial charge in [0.2, 0.25) is 0 Å². The first kappa shape index (κ1) is 23.9. The molecular formula is C18H35IN6O2. The Morgan fingerprint density at radius 1 is 1.19 bits per heavy atom. The molecule has 0 aromatic carbocycles. The molecule has 0 saturated carbocycles. The Kier molecular flexibility index (Phi) is 12.4. The van der Waals surface area contributed by atoms with Crippen molar-refractivity contribution in [1.82, 2.24) is 25.0 Å². The summed E-state index contributed by atoms with van der Waals surface area (Å²) in [6.07, 6.45) is 7.20. The number of guanidine groups is 1. The lowest BCUT2D eigenvalue weighted by atomic mass is 10.2. The Balaban J connectivity index is 0.00000364. The average Bonchev–Trinajstić information content (AvgIpc) is 2.99. The molecule has 1 aliphatic rings. The predicted molar refractivity (Wildman–Crippen MR) is 119 cm³/mol. The van der Waals surface area contributed by atoms with Crippen LogP contribution in [0.15, 0.2) is 9.79 Å². The van der Waals surface area contributed by atoms with Crippen LogP contribution in [0.2, 0.25) is 0 Å². The summed E-state index contributed by atoms with van der Waals surface area (Å²) in [5.74, 6) is 1.72. The van der Waals surface area contributed by atoms with Crippen molar-refractivity contribution in [2.75, 3.05) is 33.4 Å². The minimum atomic E-state index is 0. The fourth-order valence-corrected chi connectivity index (χ4v) is 2.98. The topological polar surface area (TPSA) is 85.5 Å². The largest absolute Gasteiger partial charge is 0.381 e. The van der Waals surface area contributed by atoms with Gasteiger partial charge in [0, 0.05) is 52.9 Å². The Morgan fingerprint density at radius 2 is 1.93 bits per heavy atom. The monoisotopic (exact) mass is 494 g/mol. The van der Waals surface area contributed by atoms with E-state index in [-0.39, 0.29) is 29.7 Å². The number of halogens is 1. The fraction of sp³-hybridized carbons (Fsp3) is 0.833. The summed E-state index contributed by atoms with van der Waals surface area (Å²) in [6.45, 7) is 6.82. The van der Waals surface area contributed by atoms with Crippen LogP contribution in [0.5, 0.6) is 0 Å². The molecule has 1 aliphatic heterocycles. The van der Waals surface area contributed by atoms with Crippen LogP contribution in [0.1, 0.15) is 51.3 Å². The van der Waals surface area contributed by atoms with E-state index in [9.17, 15) is 4.79 Å².